The van der Waals surface area contributed by atoms with E-state index in [0.717, 1.165) is 12.1 Å². The summed E-state index contributed by atoms with van der Waals surface area (Å²) in [6.07, 6.45) is 0. The van der Waals surface area contributed by atoms with Crippen molar-refractivity contribution in [2.45, 2.75) is 0 Å². The van der Waals surface area contributed by atoms with Crippen LogP contribution in [0.1, 0.15) is 10.4 Å². The van der Waals surface area contributed by atoms with Crippen molar-refractivity contribution in [1.29, 1.82) is 0 Å². The fraction of sp³-hybridized carbons (Fsp3) is 0. The smallest absolute Gasteiger partial charge is 0.316 e. The van der Waals surface area contributed by atoms with Crippen LogP contribution >= 0.6 is 11.6 Å². The van der Waals surface area contributed by atoms with Crippen LogP contribution in [0.5, 0.6) is 0 Å². The fourth-order valence-corrected chi connectivity index (χ4v) is 1.87. The molecule has 0 saturated carbocycles. The molecule has 0 aliphatic heterocycles. The maximum Gasteiger partial charge on any atom is 0.316 e. The van der Waals surface area contributed by atoms with Crippen LogP contribution in [0.15, 0.2) is 42.5 Å². The maximum atomic E-state index is 13.0. The van der Waals surface area contributed by atoms with Crippen LogP contribution < -0.4 is 16.4 Å². The third-order valence-electron chi connectivity index (χ3n) is 2.82. The molecule has 0 aliphatic rings. The van der Waals surface area contributed by atoms with Gasteiger partial charge in [0.15, 0.2) is 0 Å². The van der Waals surface area contributed by atoms with Gasteiger partial charge in [-0.1, -0.05) is 23.7 Å². The van der Waals surface area contributed by atoms with Crippen molar-refractivity contribution in [3.8, 4) is 0 Å². The molecule has 0 aliphatic carbocycles. The SMILES string of the molecule is Nc1ccccc1C(=O)NC(=O)C(=O)Nc1ccc(F)c(Cl)c1. The molecule has 0 unspecified atom stereocenters. The Kier molecular flexibility index (Phi) is 4.92. The van der Waals surface area contributed by atoms with Gasteiger partial charge in [-0.2, -0.15) is 0 Å². The summed E-state index contributed by atoms with van der Waals surface area (Å²) in [5.74, 6) is -3.75. The molecule has 0 bridgehead atoms. The number of benzene rings is 2. The molecule has 8 heteroatoms. The first kappa shape index (κ1) is 16.4. The van der Waals surface area contributed by atoms with Crippen LogP contribution in [-0.4, -0.2) is 17.7 Å². The van der Waals surface area contributed by atoms with Gasteiger partial charge < -0.3 is 11.1 Å². The monoisotopic (exact) mass is 335 g/mol. The summed E-state index contributed by atoms with van der Waals surface area (Å²) < 4.78 is 13.0. The summed E-state index contributed by atoms with van der Waals surface area (Å²) in [5, 5.41) is 3.89. The molecule has 4 N–H and O–H groups in total. The van der Waals surface area contributed by atoms with Gasteiger partial charge in [0.05, 0.1) is 10.6 Å². The van der Waals surface area contributed by atoms with Gasteiger partial charge in [0.2, 0.25) is 0 Å². The van der Waals surface area contributed by atoms with Crippen molar-refractivity contribution < 1.29 is 18.8 Å². The van der Waals surface area contributed by atoms with Crippen LogP contribution in [0.2, 0.25) is 5.02 Å². The van der Waals surface area contributed by atoms with E-state index in [1.54, 1.807) is 12.1 Å². The molecular weight excluding hydrogens is 325 g/mol. The number of amides is 3. The van der Waals surface area contributed by atoms with Gasteiger partial charge in [0, 0.05) is 11.4 Å². The number of hydrogen-bond donors (Lipinski definition) is 3. The maximum absolute atomic E-state index is 13.0. The van der Waals surface area contributed by atoms with Crippen LogP contribution in [-0.2, 0) is 9.59 Å². The Morgan fingerprint density at radius 2 is 1.74 bits per heavy atom. The third kappa shape index (κ3) is 4.04. The number of halogens is 2. The van der Waals surface area contributed by atoms with E-state index < -0.39 is 23.5 Å². The largest absolute Gasteiger partial charge is 0.398 e. The Labute approximate surface area is 135 Å². The molecule has 0 fully saturated rings. The lowest BCUT2D eigenvalue weighted by molar-refractivity contribution is -0.135. The highest BCUT2D eigenvalue weighted by Gasteiger charge is 2.19. The molecule has 0 saturated heterocycles. The van der Waals surface area contributed by atoms with Crippen molar-refractivity contribution in [1.82, 2.24) is 5.32 Å². The van der Waals surface area contributed by atoms with Gasteiger partial charge >= 0.3 is 11.8 Å². The van der Waals surface area contributed by atoms with Gasteiger partial charge in [0.1, 0.15) is 5.82 Å². The average molecular weight is 336 g/mol. The Morgan fingerprint density at radius 3 is 2.39 bits per heavy atom. The second-order valence-electron chi connectivity index (χ2n) is 4.45. The quantitative estimate of drug-likeness (QED) is 0.576. The fourth-order valence-electron chi connectivity index (χ4n) is 1.69. The molecule has 23 heavy (non-hydrogen) atoms. The molecule has 3 amide bonds. The van der Waals surface area contributed by atoms with Crippen LogP contribution in [0.4, 0.5) is 15.8 Å². The first-order valence-electron chi connectivity index (χ1n) is 6.34. The van der Waals surface area contributed by atoms with Crippen molar-refractivity contribution in [3.05, 3.63) is 58.9 Å². The number of para-hydroxylation sites is 1. The summed E-state index contributed by atoms with van der Waals surface area (Å²) in [7, 11) is 0. The lowest BCUT2D eigenvalue weighted by Gasteiger charge is -2.07. The third-order valence-corrected chi connectivity index (χ3v) is 3.11. The first-order valence-corrected chi connectivity index (χ1v) is 6.72. The Balaban J connectivity index is 2.02. The summed E-state index contributed by atoms with van der Waals surface area (Å²) in [6, 6.07) is 9.49. The van der Waals surface area contributed by atoms with Crippen molar-refractivity contribution in [2.75, 3.05) is 11.1 Å². The Bertz CT molecular complexity index is 795. The van der Waals surface area contributed by atoms with Gasteiger partial charge in [-0.25, -0.2) is 4.39 Å². The number of carbonyl (C=O) groups excluding carboxylic acids is 3. The standard InChI is InChI=1S/C15H11ClFN3O3/c16-10-7-8(5-6-11(10)17)19-14(22)15(23)20-13(21)9-3-1-2-4-12(9)18/h1-7H,18H2,(H,19,22)(H,20,21,23). The molecule has 0 radical (unpaired) electrons. The zero-order chi connectivity index (χ0) is 17.0. The van der Waals surface area contributed by atoms with Gasteiger partial charge in [-0.3, -0.25) is 19.7 Å². The van der Waals surface area contributed by atoms with Gasteiger partial charge in [0.25, 0.3) is 5.91 Å². The number of rotatable bonds is 2. The molecule has 0 spiro atoms. The van der Waals surface area contributed by atoms with E-state index in [2.05, 4.69) is 5.32 Å². The van der Waals surface area contributed by atoms with E-state index in [9.17, 15) is 18.8 Å². The molecule has 2 rings (SSSR count). The predicted octanol–water partition coefficient (Wildman–Crippen LogP) is 1.96. The van der Waals surface area contributed by atoms with E-state index in [4.69, 9.17) is 17.3 Å². The minimum Gasteiger partial charge on any atom is -0.398 e. The number of nitrogen functional groups attached to an aromatic ring is 1. The van der Waals surface area contributed by atoms with Crippen LogP contribution in [0.25, 0.3) is 0 Å². The van der Waals surface area contributed by atoms with E-state index in [0.29, 0.717) is 0 Å². The van der Waals surface area contributed by atoms with Crippen molar-refractivity contribution in [2.24, 2.45) is 0 Å². The van der Waals surface area contributed by atoms with Crippen molar-refractivity contribution >= 4 is 40.7 Å². The minimum atomic E-state index is -1.18. The Morgan fingerprint density at radius 1 is 1.04 bits per heavy atom. The summed E-state index contributed by atoms with van der Waals surface area (Å²) in [6.45, 7) is 0. The van der Waals surface area contributed by atoms with Gasteiger partial charge in [-0.15, -0.1) is 0 Å². The Hall–Kier alpha value is -2.93. The molecular formula is C15H11ClFN3O3. The van der Waals surface area contributed by atoms with E-state index in [1.165, 1.54) is 18.2 Å². The summed E-state index contributed by atoms with van der Waals surface area (Å²) in [5.41, 5.74) is 5.96. The van der Waals surface area contributed by atoms with Crippen LogP contribution in [0, 0.1) is 5.82 Å². The molecule has 0 heterocycles. The lowest BCUT2D eigenvalue weighted by atomic mass is 10.1. The highest BCUT2D eigenvalue weighted by molar-refractivity contribution is 6.42. The zero-order valence-corrected chi connectivity index (χ0v) is 12.4. The zero-order valence-electron chi connectivity index (χ0n) is 11.6. The number of nitrogens with one attached hydrogen (secondary N) is 2. The normalized spacial score (nSPS) is 10.0. The molecule has 118 valence electrons. The van der Waals surface area contributed by atoms with Crippen molar-refractivity contribution in [3.63, 3.8) is 0 Å². The number of nitrogens with two attached hydrogens (primary N) is 1. The number of imide groups is 1. The summed E-state index contributed by atoms with van der Waals surface area (Å²) in [4.78, 5) is 35.3. The molecule has 0 aromatic heterocycles. The molecule has 2 aromatic rings. The molecule has 6 nitrogen and oxygen atoms in total. The second kappa shape index (κ2) is 6.89. The lowest BCUT2D eigenvalue weighted by Crippen LogP contribution is -2.39. The minimum absolute atomic E-state index is 0.0680. The van der Waals surface area contributed by atoms with E-state index in [1.807, 2.05) is 5.32 Å². The summed E-state index contributed by atoms with van der Waals surface area (Å²) >= 11 is 5.56. The molecule has 2 aromatic carbocycles. The van der Waals surface area contributed by atoms with Gasteiger partial charge in [-0.05, 0) is 30.3 Å². The first-order chi connectivity index (χ1) is 10.9. The highest BCUT2D eigenvalue weighted by atomic mass is 35.5. The average Bonchev–Trinajstić information content (AvgIpc) is 2.51. The highest BCUT2D eigenvalue weighted by Crippen LogP contribution is 2.19. The second-order valence-corrected chi connectivity index (χ2v) is 4.86. The molecule has 0 atom stereocenters. The van der Waals surface area contributed by atoms with E-state index in [-0.39, 0.29) is 22.0 Å². The topological polar surface area (TPSA) is 101 Å². The predicted molar refractivity (Wildman–Crippen MR) is 83.4 cm³/mol. The number of anilines is 2. The number of carbonyl (C=O) groups is 3. The van der Waals surface area contributed by atoms with Crippen LogP contribution in [0.3, 0.4) is 0 Å². The van der Waals surface area contributed by atoms with E-state index >= 15 is 0 Å². The number of hydrogen-bond acceptors (Lipinski definition) is 4.